The number of benzene rings is 2. The number of methoxy groups -OCH3 is 1. The highest BCUT2D eigenvalue weighted by Crippen LogP contribution is 2.37. The minimum atomic E-state index is -0.0940. The van der Waals surface area contributed by atoms with Crippen LogP contribution in [0.4, 0.5) is 0 Å². The van der Waals surface area contributed by atoms with Gasteiger partial charge in [-0.25, -0.2) is 4.98 Å². The molecular formula is C25H31N5O3S. The zero-order valence-electron chi connectivity index (χ0n) is 19.6. The Balaban J connectivity index is 1.40. The molecule has 3 aromatic rings. The average molecular weight is 482 g/mol. The molecule has 0 unspecified atom stereocenters. The zero-order valence-corrected chi connectivity index (χ0v) is 20.4. The fraction of sp³-hybridized carbons (Fsp3) is 0.400. The van der Waals surface area contributed by atoms with Crippen molar-refractivity contribution in [2.75, 3.05) is 46.5 Å². The van der Waals surface area contributed by atoms with Crippen LogP contribution in [-0.2, 0) is 9.53 Å². The van der Waals surface area contributed by atoms with E-state index in [0.717, 1.165) is 49.7 Å². The van der Waals surface area contributed by atoms with Crippen LogP contribution < -0.4 is 10.1 Å². The van der Waals surface area contributed by atoms with Gasteiger partial charge in [0.2, 0.25) is 11.1 Å². The molecule has 0 radical (unpaired) electrons. The summed E-state index contributed by atoms with van der Waals surface area (Å²) in [5.41, 5.74) is 3.18. The summed E-state index contributed by atoms with van der Waals surface area (Å²) >= 11 is 1.49. The molecular weight excluding hydrogens is 450 g/mol. The lowest BCUT2D eigenvalue weighted by atomic mass is 10.1. The first-order chi connectivity index (χ1) is 16.6. The number of hydrogen-bond acceptors (Lipinski definition) is 7. The van der Waals surface area contributed by atoms with E-state index in [-0.39, 0.29) is 11.2 Å². The number of aryl methyl sites for hydroxylation is 1. The molecule has 1 aliphatic heterocycles. The van der Waals surface area contributed by atoms with Gasteiger partial charge in [0.15, 0.2) is 5.82 Å². The van der Waals surface area contributed by atoms with Gasteiger partial charge < -0.3 is 14.8 Å². The second kappa shape index (κ2) is 12.0. The van der Waals surface area contributed by atoms with Crippen LogP contribution in [0.2, 0.25) is 0 Å². The van der Waals surface area contributed by atoms with Gasteiger partial charge >= 0.3 is 0 Å². The molecule has 1 atom stereocenters. The van der Waals surface area contributed by atoms with Crippen molar-refractivity contribution in [3.63, 3.8) is 0 Å². The largest absolute Gasteiger partial charge is 0.497 e. The second-order valence-corrected chi connectivity index (χ2v) is 9.39. The Kier molecular flexibility index (Phi) is 8.56. The second-order valence-electron chi connectivity index (χ2n) is 8.22. The molecule has 0 aliphatic carbocycles. The van der Waals surface area contributed by atoms with Crippen LogP contribution in [-0.4, -0.2) is 72.5 Å². The first kappa shape index (κ1) is 24.3. The van der Waals surface area contributed by atoms with Crippen LogP contribution in [0, 0.1) is 6.92 Å². The number of ether oxygens (including phenoxy) is 2. The number of H-pyrrole nitrogens is 1. The molecule has 2 N–H and O–H groups in total. The molecule has 4 rings (SSSR count). The summed E-state index contributed by atoms with van der Waals surface area (Å²) in [5.74, 6) is 1.50. The maximum absolute atomic E-state index is 12.8. The van der Waals surface area contributed by atoms with Gasteiger partial charge in [-0.15, -0.1) is 5.10 Å². The molecule has 2 aromatic carbocycles. The van der Waals surface area contributed by atoms with Crippen LogP contribution in [0.15, 0.2) is 53.7 Å². The number of carbonyl (C=O) groups excluding carboxylic acids is 1. The molecule has 2 heterocycles. The SMILES string of the molecule is COc1ccc(-c2nc(S[C@H](CC(=O)NCCN3CCOCC3)c3ccc(C)cc3)n[nH]2)cc1. The van der Waals surface area contributed by atoms with Gasteiger partial charge in [0.05, 0.1) is 20.3 Å². The minimum Gasteiger partial charge on any atom is -0.497 e. The molecule has 8 nitrogen and oxygen atoms in total. The molecule has 0 spiro atoms. The molecule has 0 bridgehead atoms. The number of aromatic nitrogens is 3. The lowest BCUT2D eigenvalue weighted by molar-refractivity contribution is -0.121. The number of nitrogens with zero attached hydrogens (tertiary/aromatic N) is 3. The van der Waals surface area contributed by atoms with Gasteiger partial charge in [0.25, 0.3) is 0 Å². The molecule has 34 heavy (non-hydrogen) atoms. The van der Waals surface area contributed by atoms with Crippen molar-refractivity contribution in [2.45, 2.75) is 23.8 Å². The third-order valence-electron chi connectivity index (χ3n) is 5.75. The zero-order chi connectivity index (χ0) is 23.8. The van der Waals surface area contributed by atoms with Crippen molar-refractivity contribution in [3.05, 3.63) is 59.7 Å². The third kappa shape index (κ3) is 6.82. The van der Waals surface area contributed by atoms with Crippen LogP contribution in [0.3, 0.4) is 0 Å². The topological polar surface area (TPSA) is 92.4 Å². The molecule has 0 saturated carbocycles. The van der Waals surface area contributed by atoms with Crippen LogP contribution >= 0.6 is 11.8 Å². The highest BCUT2D eigenvalue weighted by molar-refractivity contribution is 7.99. The first-order valence-electron chi connectivity index (χ1n) is 11.5. The quantitative estimate of drug-likeness (QED) is 0.429. The van der Waals surface area contributed by atoms with E-state index in [1.165, 1.54) is 17.3 Å². The van der Waals surface area contributed by atoms with Crippen molar-refractivity contribution in [1.82, 2.24) is 25.4 Å². The molecule has 1 amide bonds. The van der Waals surface area contributed by atoms with Crippen molar-refractivity contribution >= 4 is 17.7 Å². The number of rotatable bonds is 10. The number of hydrogen-bond donors (Lipinski definition) is 2. The van der Waals surface area contributed by atoms with Gasteiger partial charge in [-0.2, -0.15) is 0 Å². The fourth-order valence-electron chi connectivity index (χ4n) is 3.73. The number of amides is 1. The normalized spacial score (nSPS) is 15.1. The number of thioether (sulfide) groups is 1. The Labute approximate surface area is 204 Å². The summed E-state index contributed by atoms with van der Waals surface area (Å²) in [6, 6.07) is 15.9. The molecule has 1 aromatic heterocycles. The van der Waals surface area contributed by atoms with E-state index < -0.39 is 0 Å². The van der Waals surface area contributed by atoms with Crippen molar-refractivity contribution in [2.24, 2.45) is 0 Å². The molecule has 180 valence electrons. The summed E-state index contributed by atoms with van der Waals surface area (Å²) in [6.45, 7) is 6.87. The highest BCUT2D eigenvalue weighted by Gasteiger charge is 2.20. The lowest BCUT2D eigenvalue weighted by Crippen LogP contribution is -2.41. The Bertz CT molecular complexity index is 1050. The Hall–Kier alpha value is -2.88. The maximum atomic E-state index is 12.8. The van der Waals surface area contributed by atoms with Crippen molar-refractivity contribution in [3.8, 4) is 17.1 Å². The van der Waals surface area contributed by atoms with Gasteiger partial charge in [-0.3, -0.25) is 14.8 Å². The van der Waals surface area contributed by atoms with E-state index in [9.17, 15) is 4.79 Å². The molecule has 1 fully saturated rings. The first-order valence-corrected chi connectivity index (χ1v) is 12.4. The Morgan fingerprint density at radius 2 is 1.91 bits per heavy atom. The van der Waals surface area contributed by atoms with E-state index in [0.29, 0.717) is 23.9 Å². The summed E-state index contributed by atoms with van der Waals surface area (Å²) in [5, 5.41) is 11.0. The third-order valence-corrected chi connectivity index (χ3v) is 6.87. The van der Waals surface area contributed by atoms with Gasteiger partial charge in [-0.05, 0) is 36.8 Å². The van der Waals surface area contributed by atoms with Gasteiger partial charge in [0, 0.05) is 43.4 Å². The highest BCUT2D eigenvalue weighted by atomic mass is 32.2. The van der Waals surface area contributed by atoms with Crippen LogP contribution in [0.1, 0.15) is 22.8 Å². The summed E-state index contributed by atoms with van der Waals surface area (Å²) in [6.07, 6.45) is 0.350. The van der Waals surface area contributed by atoms with Crippen molar-refractivity contribution in [1.29, 1.82) is 0 Å². The van der Waals surface area contributed by atoms with Crippen LogP contribution in [0.5, 0.6) is 5.75 Å². The number of carbonyl (C=O) groups is 1. The molecule has 1 aliphatic rings. The summed E-state index contributed by atoms with van der Waals surface area (Å²) < 4.78 is 10.6. The standard InChI is InChI=1S/C25H31N5O3S/c1-18-3-5-19(6-4-18)22(17-23(31)26-11-12-30-13-15-33-16-14-30)34-25-27-24(28-29-25)20-7-9-21(32-2)10-8-20/h3-10,22H,11-17H2,1-2H3,(H,26,31)(H,27,28,29)/t22-/m1/s1. The maximum Gasteiger partial charge on any atom is 0.221 e. The van der Waals surface area contributed by atoms with E-state index in [4.69, 9.17) is 9.47 Å². The number of nitrogens with one attached hydrogen (secondary N) is 2. The number of morpholine rings is 1. The monoisotopic (exact) mass is 481 g/mol. The van der Waals surface area contributed by atoms with E-state index in [1.54, 1.807) is 7.11 Å². The Morgan fingerprint density at radius 3 is 2.62 bits per heavy atom. The van der Waals surface area contributed by atoms with E-state index >= 15 is 0 Å². The smallest absolute Gasteiger partial charge is 0.221 e. The minimum absolute atomic E-state index is 0.0252. The van der Waals surface area contributed by atoms with Crippen molar-refractivity contribution < 1.29 is 14.3 Å². The summed E-state index contributed by atoms with van der Waals surface area (Å²) in [7, 11) is 1.64. The number of aromatic amines is 1. The van der Waals surface area contributed by atoms with E-state index in [2.05, 4.69) is 56.6 Å². The summed E-state index contributed by atoms with van der Waals surface area (Å²) in [4.78, 5) is 19.7. The molecule has 9 heteroatoms. The predicted molar refractivity (Wildman–Crippen MR) is 133 cm³/mol. The van der Waals surface area contributed by atoms with Crippen LogP contribution in [0.25, 0.3) is 11.4 Å². The average Bonchev–Trinajstić information content (AvgIpc) is 3.33. The molecule has 1 saturated heterocycles. The van der Waals surface area contributed by atoms with E-state index in [1.807, 2.05) is 24.3 Å². The van der Waals surface area contributed by atoms with Gasteiger partial charge in [-0.1, -0.05) is 41.6 Å². The predicted octanol–water partition coefficient (Wildman–Crippen LogP) is 3.46. The van der Waals surface area contributed by atoms with Gasteiger partial charge in [0.1, 0.15) is 5.75 Å². The lowest BCUT2D eigenvalue weighted by Gasteiger charge is -2.26. The Morgan fingerprint density at radius 1 is 1.18 bits per heavy atom. The fourth-order valence-corrected chi connectivity index (χ4v) is 4.76.